The lowest BCUT2D eigenvalue weighted by Gasteiger charge is -2.16. The average Bonchev–Trinajstić information content (AvgIpc) is 3.27. The normalized spacial score (nSPS) is 21.3. The van der Waals surface area contributed by atoms with Crippen molar-refractivity contribution in [3.05, 3.63) is 23.8 Å². The highest BCUT2D eigenvalue weighted by Gasteiger charge is 2.29. The molecule has 25 heavy (non-hydrogen) atoms. The smallest absolute Gasteiger partial charge is 0.255 e. The molecule has 1 saturated heterocycles. The number of rotatable bonds is 7. The number of hydrogen-bond donors (Lipinski definition) is 2. The Morgan fingerprint density at radius 2 is 2.08 bits per heavy atom. The summed E-state index contributed by atoms with van der Waals surface area (Å²) in [4.78, 5) is 14.9. The lowest BCUT2D eigenvalue weighted by atomic mass is 10.1. The topological polar surface area (TPSA) is 102 Å². The van der Waals surface area contributed by atoms with E-state index < -0.39 is 10.0 Å². The number of methoxy groups -OCH3 is 1. The Hall–Kier alpha value is -1.64. The molecule has 3 rings (SSSR count). The Morgan fingerprint density at radius 3 is 2.72 bits per heavy atom. The molecule has 0 aromatic heterocycles. The van der Waals surface area contributed by atoms with Crippen LogP contribution in [0.2, 0.25) is 0 Å². The Labute approximate surface area is 148 Å². The van der Waals surface area contributed by atoms with Crippen molar-refractivity contribution in [3.8, 4) is 5.75 Å². The van der Waals surface area contributed by atoms with Crippen molar-refractivity contribution in [1.82, 2.24) is 10.2 Å². The SMILES string of the molecule is COc1ccc(S(N)(=O)=O)cc1C(=O)NCC1CCN(CC2CC2)C1. The lowest BCUT2D eigenvalue weighted by molar-refractivity contribution is 0.0944. The second kappa shape index (κ2) is 7.31. The second-order valence-electron chi connectivity index (χ2n) is 6.97. The number of ether oxygens (including phenoxy) is 1. The molecule has 1 unspecified atom stereocenters. The van der Waals surface area contributed by atoms with E-state index in [1.54, 1.807) is 0 Å². The average molecular weight is 367 g/mol. The first kappa shape index (κ1) is 18.2. The van der Waals surface area contributed by atoms with Gasteiger partial charge in [-0.15, -0.1) is 0 Å². The van der Waals surface area contributed by atoms with Gasteiger partial charge in [-0.25, -0.2) is 13.6 Å². The van der Waals surface area contributed by atoms with Crippen LogP contribution < -0.4 is 15.2 Å². The van der Waals surface area contributed by atoms with Crippen molar-refractivity contribution in [2.24, 2.45) is 17.0 Å². The number of sulfonamides is 1. The van der Waals surface area contributed by atoms with Gasteiger partial charge < -0.3 is 15.0 Å². The van der Waals surface area contributed by atoms with Gasteiger partial charge >= 0.3 is 0 Å². The fourth-order valence-electron chi connectivity index (χ4n) is 3.28. The third kappa shape index (κ3) is 4.71. The number of nitrogens with one attached hydrogen (secondary N) is 1. The van der Waals surface area contributed by atoms with Crippen molar-refractivity contribution < 1.29 is 17.9 Å². The molecule has 1 heterocycles. The molecule has 3 N–H and O–H groups in total. The van der Waals surface area contributed by atoms with Gasteiger partial charge in [0.1, 0.15) is 5.75 Å². The van der Waals surface area contributed by atoms with Crippen LogP contribution in [0.1, 0.15) is 29.6 Å². The van der Waals surface area contributed by atoms with E-state index in [2.05, 4.69) is 10.2 Å². The molecule has 1 aliphatic carbocycles. The molecular weight excluding hydrogens is 342 g/mol. The van der Waals surface area contributed by atoms with Crippen LogP contribution in [0, 0.1) is 11.8 Å². The maximum atomic E-state index is 12.5. The fraction of sp³-hybridized carbons (Fsp3) is 0.588. The summed E-state index contributed by atoms with van der Waals surface area (Å²) in [5, 5.41) is 8.05. The molecule has 2 aliphatic rings. The Morgan fingerprint density at radius 1 is 1.32 bits per heavy atom. The van der Waals surface area contributed by atoms with E-state index in [0.717, 1.165) is 25.4 Å². The Kier molecular flexibility index (Phi) is 5.31. The first-order valence-electron chi connectivity index (χ1n) is 8.58. The number of primary sulfonamides is 1. The third-order valence-electron chi connectivity index (χ3n) is 4.88. The zero-order valence-corrected chi connectivity index (χ0v) is 15.2. The fourth-order valence-corrected chi connectivity index (χ4v) is 3.82. The summed E-state index contributed by atoms with van der Waals surface area (Å²) in [6, 6.07) is 4.04. The Bertz CT molecular complexity index is 746. The maximum absolute atomic E-state index is 12.5. The molecule has 138 valence electrons. The quantitative estimate of drug-likeness (QED) is 0.742. The largest absolute Gasteiger partial charge is 0.496 e. The highest BCUT2D eigenvalue weighted by molar-refractivity contribution is 7.89. The number of benzene rings is 1. The highest BCUT2D eigenvalue weighted by atomic mass is 32.2. The molecule has 0 radical (unpaired) electrons. The monoisotopic (exact) mass is 367 g/mol. The number of nitrogens with two attached hydrogens (primary N) is 1. The minimum atomic E-state index is -3.87. The third-order valence-corrected chi connectivity index (χ3v) is 5.79. The van der Waals surface area contributed by atoms with Gasteiger partial charge in [0.25, 0.3) is 5.91 Å². The summed E-state index contributed by atoms with van der Waals surface area (Å²) < 4.78 is 28.2. The van der Waals surface area contributed by atoms with E-state index in [-0.39, 0.29) is 16.4 Å². The van der Waals surface area contributed by atoms with E-state index in [1.807, 2.05) is 0 Å². The van der Waals surface area contributed by atoms with Gasteiger partial charge in [0.05, 0.1) is 17.6 Å². The summed E-state index contributed by atoms with van der Waals surface area (Å²) in [6.07, 6.45) is 3.76. The Balaban J connectivity index is 1.60. The van der Waals surface area contributed by atoms with E-state index in [4.69, 9.17) is 9.88 Å². The van der Waals surface area contributed by atoms with E-state index in [9.17, 15) is 13.2 Å². The number of nitrogens with zero attached hydrogens (tertiary/aromatic N) is 1. The molecule has 1 saturated carbocycles. The number of likely N-dealkylation sites (tertiary alicyclic amines) is 1. The molecule has 0 spiro atoms. The number of amides is 1. The molecule has 1 aromatic rings. The molecule has 2 fully saturated rings. The number of carbonyl (C=O) groups is 1. The summed E-state index contributed by atoms with van der Waals surface area (Å²) >= 11 is 0. The van der Waals surface area contributed by atoms with Crippen molar-refractivity contribution in [2.45, 2.75) is 24.2 Å². The van der Waals surface area contributed by atoms with Gasteiger partial charge in [0.2, 0.25) is 10.0 Å². The van der Waals surface area contributed by atoms with Gasteiger partial charge in [-0.1, -0.05) is 0 Å². The predicted octanol–water partition coefficient (Wildman–Crippen LogP) is 0.804. The molecule has 0 bridgehead atoms. The van der Waals surface area contributed by atoms with Crippen molar-refractivity contribution >= 4 is 15.9 Å². The van der Waals surface area contributed by atoms with Crippen molar-refractivity contribution in [2.75, 3.05) is 33.3 Å². The summed E-state index contributed by atoms with van der Waals surface area (Å²) in [6.45, 7) is 3.84. The number of carbonyl (C=O) groups excluding carboxylic acids is 1. The van der Waals surface area contributed by atoms with Crippen LogP contribution >= 0.6 is 0 Å². The van der Waals surface area contributed by atoms with Crippen LogP contribution in [0.5, 0.6) is 5.75 Å². The number of hydrogen-bond acceptors (Lipinski definition) is 5. The van der Waals surface area contributed by atoms with Gasteiger partial charge in [0.15, 0.2) is 0 Å². The van der Waals surface area contributed by atoms with E-state index in [0.29, 0.717) is 18.2 Å². The zero-order chi connectivity index (χ0) is 18.0. The van der Waals surface area contributed by atoms with Crippen molar-refractivity contribution in [3.63, 3.8) is 0 Å². The molecular formula is C17H25N3O4S. The summed E-state index contributed by atoms with van der Waals surface area (Å²) in [5.74, 6) is 1.28. The van der Waals surface area contributed by atoms with Crippen LogP contribution in [0.25, 0.3) is 0 Å². The minimum Gasteiger partial charge on any atom is -0.496 e. The van der Waals surface area contributed by atoms with E-state index in [1.165, 1.54) is 44.7 Å². The van der Waals surface area contributed by atoms with Crippen LogP contribution in [0.3, 0.4) is 0 Å². The predicted molar refractivity (Wildman–Crippen MR) is 94.0 cm³/mol. The minimum absolute atomic E-state index is 0.102. The van der Waals surface area contributed by atoms with Gasteiger partial charge in [-0.2, -0.15) is 0 Å². The maximum Gasteiger partial charge on any atom is 0.255 e. The lowest BCUT2D eigenvalue weighted by Crippen LogP contribution is -2.31. The van der Waals surface area contributed by atoms with Gasteiger partial charge in [0, 0.05) is 19.6 Å². The summed E-state index contributed by atoms with van der Waals surface area (Å²) in [7, 11) is -2.43. The zero-order valence-electron chi connectivity index (χ0n) is 14.4. The van der Waals surface area contributed by atoms with Crippen LogP contribution in [-0.4, -0.2) is 52.5 Å². The molecule has 7 nitrogen and oxygen atoms in total. The molecule has 8 heteroatoms. The molecule has 1 atom stereocenters. The van der Waals surface area contributed by atoms with Crippen molar-refractivity contribution in [1.29, 1.82) is 0 Å². The second-order valence-corrected chi connectivity index (χ2v) is 8.54. The first-order chi connectivity index (χ1) is 11.9. The van der Waals surface area contributed by atoms with Crippen LogP contribution in [-0.2, 0) is 10.0 Å². The van der Waals surface area contributed by atoms with Crippen LogP contribution in [0.15, 0.2) is 23.1 Å². The highest BCUT2D eigenvalue weighted by Crippen LogP contribution is 2.31. The first-order valence-corrected chi connectivity index (χ1v) is 10.1. The molecule has 1 amide bonds. The van der Waals surface area contributed by atoms with Gasteiger partial charge in [-0.3, -0.25) is 4.79 Å². The standard InChI is InChI=1S/C17H25N3O4S/c1-24-16-5-4-14(25(18,22)23)8-15(16)17(21)19-9-13-6-7-20(11-13)10-12-2-3-12/h4-5,8,12-13H,2-3,6-7,9-11H2,1H3,(H,19,21)(H2,18,22,23). The van der Waals surface area contributed by atoms with Crippen LogP contribution in [0.4, 0.5) is 0 Å². The van der Waals surface area contributed by atoms with E-state index >= 15 is 0 Å². The molecule has 1 aromatic carbocycles. The van der Waals surface area contributed by atoms with Gasteiger partial charge in [-0.05, 0) is 55.8 Å². The molecule has 1 aliphatic heterocycles. The summed E-state index contributed by atoms with van der Waals surface area (Å²) in [5.41, 5.74) is 0.182.